The van der Waals surface area contributed by atoms with Gasteiger partial charge in [-0.2, -0.15) is 0 Å². The van der Waals surface area contributed by atoms with Gasteiger partial charge in [-0.05, 0) is 33.1 Å². The Balaban J connectivity index is 2.76. The first-order valence-corrected chi connectivity index (χ1v) is 9.42. The number of carbonyl (C=O) groups excluding carboxylic acids is 1. The molecule has 7 heteroatoms. The lowest BCUT2D eigenvalue weighted by Crippen LogP contribution is -2.46. The van der Waals surface area contributed by atoms with Gasteiger partial charge in [0.2, 0.25) is 5.91 Å². The highest BCUT2D eigenvalue weighted by Crippen LogP contribution is 2.31. The third-order valence-corrected chi connectivity index (χ3v) is 5.16. The first kappa shape index (κ1) is 17.9. The van der Waals surface area contributed by atoms with Crippen LogP contribution in [0.5, 0.6) is 0 Å². The summed E-state index contributed by atoms with van der Waals surface area (Å²) in [7, 11) is -3.15. The van der Waals surface area contributed by atoms with Gasteiger partial charge in [-0.3, -0.25) is 9.59 Å². The molecule has 1 N–H and O–H groups in total. The minimum absolute atomic E-state index is 0.0678. The summed E-state index contributed by atoms with van der Waals surface area (Å²) in [5, 5.41) is 9.09. The molecule has 0 aromatic rings. The predicted molar refractivity (Wildman–Crippen MR) is 79.6 cm³/mol. The summed E-state index contributed by atoms with van der Waals surface area (Å²) < 4.78 is 22.8. The second-order valence-corrected chi connectivity index (χ2v) is 8.15. The Hall–Kier alpha value is -1.11. The molecular formula is C14H25NO5S. The van der Waals surface area contributed by atoms with E-state index in [4.69, 9.17) is 5.11 Å². The molecular weight excluding hydrogens is 294 g/mol. The molecule has 0 bridgehead atoms. The molecule has 3 unspecified atom stereocenters. The highest BCUT2D eigenvalue weighted by atomic mass is 32.2. The summed E-state index contributed by atoms with van der Waals surface area (Å²) in [4.78, 5) is 25.2. The van der Waals surface area contributed by atoms with Crippen molar-refractivity contribution in [3.8, 4) is 0 Å². The average molecular weight is 319 g/mol. The quantitative estimate of drug-likeness (QED) is 0.793. The molecule has 3 atom stereocenters. The number of nitrogens with zero attached hydrogens (tertiary/aromatic N) is 1. The molecule has 0 aromatic carbocycles. The van der Waals surface area contributed by atoms with Gasteiger partial charge in [0.15, 0.2) is 0 Å². The Morgan fingerprint density at radius 2 is 1.86 bits per heavy atom. The second-order valence-electron chi connectivity index (χ2n) is 5.96. The molecule has 0 saturated heterocycles. The Morgan fingerprint density at radius 3 is 2.33 bits per heavy atom. The van der Waals surface area contributed by atoms with Gasteiger partial charge in [-0.15, -0.1) is 0 Å². The van der Waals surface area contributed by atoms with Crippen LogP contribution in [-0.2, 0) is 19.4 Å². The first-order chi connectivity index (χ1) is 9.65. The van der Waals surface area contributed by atoms with Crippen LogP contribution in [0.25, 0.3) is 0 Å². The zero-order chi connectivity index (χ0) is 16.2. The van der Waals surface area contributed by atoms with E-state index in [1.807, 2.05) is 6.92 Å². The fourth-order valence-corrected chi connectivity index (χ4v) is 4.14. The number of amides is 1. The van der Waals surface area contributed by atoms with E-state index in [0.717, 1.165) is 12.7 Å². The highest BCUT2D eigenvalue weighted by molar-refractivity contribution is 7.90. The van der Waals surface area contributed by atoms with E-state index >= 15 is 0 Å². The Morgan fingerprint density at radius 1 is 1.29 bits per heavy atom. The van der Waals surface area contributed by atoms with E-state index in [0.29, 0.717) is 25.8 Å². The van der Waals surface area contributed by atoms with E-state index in [1.54, 1.807) is 11.8 Å². The van der Waals surface area contributed by atoms with Gasteiger partial charge in [0.1, 0.15) is 9.84 Å². The van der Waals surface area contributed by atoms with Crippen molar-refractivity contribution < 1.29 is 23.1 Å². The molecule has 21 heavy (non-hydrogen) atoms. The Kier molecular flexibility index (Phi) is 6.19. The molecule has 1 saturated carbocycles. The van der Waals surface area contributed by atoms with Crippen molar-refractivity contribution in [1.82, 2.24) is 4.90 Å². The van der Waals surface area contributed by atoms with Crippen LogP contribution in [-0.4, -0.2) is 54.9 Å². The number of hydrogen-bond acceptors (Lipinski definition) is 4. The molecule has 0 radical (unpaired) electrons. The van der Waals surface area contributed by atoms with E-state index in [2.05, 4.69) is 0 Å². The lowest BCUT2D eigenvalue weighted by molar-refractivity contribution is -0.145. The topological polar surface area (TPSA) is 91.8 Å². The van der Waals surface area contributed by atoms with Crippen LogP contribution in [0.1, 0.15) is 39.5 Å². The van der Waals surface area contributed by atoms with Gasteiger partial charge < -0.3 is 10.0 Å². The lowest BCUT2D eigenvalue weighted by Gasteiger charge is -2.34. The molecule has 1 fully saturated rings. The lowest BCUT2D eigenvalue weighted by atomic mass is 9.80. The third kappa shape index (κ3) is 5.30. The maximum Gasteiger partial charge on any atom is 0.306 e. The molecule has 0 aromatic heterocycles. The maximum absolute atomic E-state index is 12.6. The minimum Gasteiger partial charge on any atom is -0.481 e. The van der Waals surface area contributed by atoms with E-state index in [-0.39, 0.29) is 23.6 Å². The molecule has 1 aliphatic carbocycles. The predicted octanol–water partition coefficient (Wildman–Crippen LogP) is 1.16. The monoisotopic (exact) mass is 319 g/mol. The number of hydrogen-bond donors (Lipinski definition) is 1. The number of rotatable bonds is 6. The molecule has 6 nitrogen and oxygen atoms in total. The van der Waals surface area contributed by atoms with Gasteiger partial charge in [-0.25, -0.2) is 8.42 Å². The molecule has 0 spiro atoms. The van der Waals surface area contributed by atoms with E-state index < -0.39 is 21.7 Å². The number of carboxylic acids is 1. The van der Waals surface area contributed by atoms with Crippen LogP contribution in [0, 0.1) is 11.8 Å². The number of carbonyl (C=O) groups is 2. The summed E-state index contributed by atoms with van der Waals surface area (Å²) >= 11 is 0. The van der Waals surface area contributed by atoms with Crippen LogP contribution < -0.4 is 0 Å². The third-order valence-electron chi connectivity index (χ3n) is 4.07. The number of carboxylic acid groups (broad SMARTS) is 1. The van der Waals surface area contributed by atoms with Crippen molar-refractivity contribution >= 4 is 21.7 Å². The van der Waals surface area contributed by atoms with Crippen LogP contribution in [0.2, 0.25) is 0 Å². The van der Waals surface area contributed by atoms with E-state index in [1.165, 1.54) is 0 Å². The fraction of sp³-hybridized carbons (Fsp3) is 0.857. The summed E-state index contributed by atoms with van der Waals surface area (Å²) in [6.45, 7) is 3.97. The summed E-state index contributed by atoms with van der Waals surface area (Å²) in [6, 6.07) is -0.386. The minimum atomic E-state index is -3.15. The zero-order valence-electron chi connectivity index (χ0n) is 12.9. The zero-order valence-corrected chi connectivity index (χ0v) is 13.7. The average Bonchev–Trinajstić information content (AvgIpc) is 2.37. The van der Waals surface area contributed by atoms with Crippen molar-refractivity contribution in [2.45, 2.75) is 45.6 Å². The summed E-state index contributed by atoms with van der Waals surface area (Å²) in [5.74, 6) is -1.79. The second kappa shape index (κ2) is 7.24. The molecule has 0 heterocycles. The maximum atomic E-state index is 12.6. The largest absolute Gasteiger partial charge is 0.481 e. The van der Waals surface area contributed by atoms with Crippen molar-refractivity contribution in [2.24, 2.45) is 11.8 Å². The molecule has 0 aliphatic heterocycles. The summed E-state index contributed by atoms with van der Waals surface area (Å²) in [5.41, 5.74) is 0. The fourth-order valence-electron chi connectivity index (χ4n) is 3.09. The molecule has 122 valence electrons. The molecule has 1 amide bonds. The molecule has 1 aliphatic rings. The van der Waals surface area contributed by atoms with Crippen LogP contribution in [0.15, 0.2) is 0 Å². The standard InChI is InChI=1S/C14H25NO5S/c1-4-15(10(2)9-21(3,19)20)13(16)11-6-5-7-12(8-11)14(17)18/h10-12H,4-9H2,1-3H3,(H,17,18). The number of aliphatic carboxylic acids is 1. The normalized spacial score (nSPS) is 24.3. The van der Waals surface area contributed by atoms with Crippen LogP contribution in [0.4, 0.5) is 0 Å². The van der Waals surface area contributed by atoms with Crippen molar-refractivity contribution in [2.75, 3.05) is 18.6 Å². The Bertz CT molecular complexity index is 488. The smallest absolute Gasteiger partial charge is 0.306 e. The van der Waals surface area contributed by atoms with Gasteiger partial charge in [0.25, 0.3) is 0 Å². The van der Waals surface area contributed by atoms with Crippen molar-refractivity contribution in [1.29, 1.82) is 0 Å². The van der Waals surface area contributed by atoms with Crippen molar-refractivity contribution in [3.05, 3.63) is 0 Å². The van der Waals surface area contributed by atoms with Gasteiger partial charge in [-0.1, -0.05) is 6.42 Å². The highest BCUT2D eigenvalue weighted by Gasteiger charge is 2.34. The first-order valence-electron chi connectivity index (χ1n) is 7.36. The van der Waals surface area contributed by atoms with Crippen molar-refractivity contribution in [3.63, 3.8) is 0 Å². The van der Waals surface area contributed by atoms with Gasteiger partial charge >= 0.3 is 5.97 Å². The molecule has 1 rings (SSSR count). The summed E-state index contributed by atoms with van der Waals surface area (Å²) in [6.07, 6.45) is 3.54. The van der Waals surface area contributed by atoms with Crippen LogP contribution in [0.3, 0.4) is 0 Å². The Labute approximate surface area is 126 Å². The number of sulfone groups is 1. The SMILES string of the molecule is CCN(C(=O)C1CCCC(C(=O)O)C1)C(C)CS(C)(=O)=O. The van der Waals surface area contributed by atoms with Crippen LogP contribution >= 0.6 is 0 Å². The van der Waals surface area contributed by atoms with E-state index in [9.17, 15) is 18.0 Å². The van der Waals surface area contributed by atoms with Gasteiger partial charge in [0, 0.05) is 24.8 Å². The van der Waals surface area contributed by atoms with Gasteiger partial charge in [0.05, 0.1) is 11.7 Å².